The second-order valence-corrected chi connectivity index (χ2v) is 7.99. The van der Waals surface area contributed by atoms with Crippen molar-refractivity contribution in [2.24, 2.45) is 0 Å². The quantitative estimate of drug-likeness (QED) is 0.670. The van der Waals surface area contributed by atoms with Gasteiger partial charge in [-0.05, 0) is 63.8 Å². The van der Waals surface area contributed by atoms with Crippen molar-refractivity contribution in [2.45, 2.75) is 66.6 Å². The number of hydrogen-bond donors (Lipinski definition) is 1. The lowest BCUT2D eigenvalue weighted by Crippen LogP contribution is -2.50. The van der Waals surface area contributed by atoms with Crippen molar-refractivity contribution in [1.82, 2.24) is 10.2 Å². The van der Waals surface area contributed by atoms with Crippen molar-refractivity contribution < 1.29 is 14.3 Å². The highest BCUT2D eigenvalue weighted by atomic mass is 16.5. The standard InChI is InChI=1S/C25H34N2O3/c1-7-19(4)26-25(29)21(6)27(15-22-13-11-17(2)12-14-22)24(28)16-30-23-10-8-9-18(3)20(23)5/h8-14,19,21H,7,15-16H2,1-6H3,(H,26,29)/t19-,21-/m0/s1. The Hall–Kier alpha value is -2.82. The molecule has 0 radical (unpaired) electrons. The molecule has 0 spiro atoms. The summed E-state index contributed by atoms with van der Waals surface area (Å²) in [5.74, 6) is 0.315. The van der Waals surface area contributed by atoms with Crippen LogP contribution in [0, 0.1) is 20.8 Å². The van der Waals surface area contributed by atoms with E-state index in [1.54, 1.807) is 11.8 Å². The predicted molar refractivity (Wildman–Crippen MR) is 120 cm³/mol. The molecule has 0 fully saturated rings. The Labute approximate surface area is 180 Å². The lowest BCUT2D eigenvalue weighted by atomic mass is 10.1. The fraction of sp³-hybridized carbons (Fsp3) is 0.440. The molecule has 5 heteroatoms. The summed E-state index contributed by atoms with van der Waals surface area (Å²) in [6, 6.07) is 13.2. The number of nitrogens with one attached hydrogen (secondary N) is 1. The monoisotopic (exact) mass is 410 g/mol. The topological polar surface area (TPSA) is 58.6 Å². The van der Waals surface area contributed by atoms with Gasteiger partial charge in [-0.3, -0.25) is 9.59 Å². The van der Waals surface area contributed by atoms with Gasteiger partial charge >= 0.3 is 0 Å². The Kier molecular flexibility index (Phi) is 8.46. The second kappa shape index (κ2) is 10.8. The summed E-state index contributed by atoms with van der Waals surface area (Å²) in [7, 11) is 0. The van der Waals surface area contributed by atoms with E-state index in [2.05, 4.69) is 5.32 Å². The molecule has 2 amide bonds. The Bertz CT molecular complexity index is 861. The van der Waals surface area contributed by atoms with E-state index in [1.807, 2.05) is 77.1 Å². The Morgan fingerprint density at radius 1 is 1.03 bits per heavy atom. The highest BCUT2D eigenvalue weighted by Crippen LogP contribution is 2.21. The van der Waals surface area contributed by atoms with Gasteiger partial charge in [0.1, 0.15) is 11.8 Å². The highest BCUT2D eigenvalue weighted by molar-refractivity contribution is 5.88. The molecule has 162 valence electrons. The van der Waals surface area contributed by atoms with Gasteiger partial charge in [-0.2, -0.15) is 0 Å². The van der Waals surface area contributed by atoms with E-state index in [-0.39, 0.29) is 24.5 Å². The predicted octanol–water partition coefficient (Wildman–Crippen LogP) is 4.32. The number of ether oxygens (including phenoxy) is 1. The van der Waals surface area contributed by atoms with Crippen molar-refractivity contribution in [3.63, 3.8) is 0 Å². The molecule has 30 heavy (non-hydrogen) atoms. The van der Waals surface area contributed by atoms with Gasteiger partial charge in [0.05, 0.1) is 0 Å². The molecule has 2 rings (SSSR count). The number of carbonyl (C=O) groups excluding carboxylic acids is 2. The number of carbonyl (C=O) groups is 2. The number of aryl methyl sites for hydroxylation is 2. The van der Waals surface area contributed by atoms with Crippen molar-refractivity contribution in [3.05, 3.63) is 64.7 Å². The van der Waals surface area contributed by atoms with Crippen LogP contribution in [0.5, 0.6) is 5.75 Å². The summed E-state index contributed by atoms with van der Waals surface area (Å²) >= 11 is 0. The SMILES string of the molecule is CC[C@H](C)NC(=O)[C@H](C)N(Cc1ccc(C)cc1)C(=O)COc1cccc(C)c1C. The normalized spacial score (nSPS) is 12.7. The Morgan fingerprint density at radius 3 is 2.33 bits per heavy atom. The molecule has 0 aliphatic carbocycles. The third kappa shape index (κ3) is 6.34. The summed E-state index contributed by atoms with van der Waals surface area (Å²) < 4.78 is 5.83. The number of amides is 2. The van der Waals surface area contributed by atoms with Crippen LogP contribution in [0.25, 0.3) is 0 Å². The van der Waals surface area contributed by atoms with E-state index in [0.29, 0.717) is 12.3 Å². The molecule has 0 saturated heterocycles. The maximum atomic E-state index is 13.1. The van der Waals surface area contributed by atoms with Crippen LogP contribution in [0.2, 0.25) is 0 Å². The van der Waals surface area contributed by atoms with E-state index in [0.717, 1.165) is 28.7 Å². The van der Waals surface area contributed by atoms with Gasteiger partial charge in [-0.15, -0.1) is 0 Å². The molecular weight excluding hydrogens is 376 g/mol. The molecule has 0 aliphatic rings. The van der Waals surface area contributed by atoms with E-state index in [4.69, 9.17) is 4.74 Å². The van der Waals surface area contributed by atoms with E-state index in [9.17, 15) is 9.59 Å². The van der Waals surface area contributed by atoms with Crippen molar-refractivity contribution in [1.29, 1.82) is 0 Å². The van der Waals surface area contributed by atoms with Gasteiger partial charge in [0.2, 0.25) is 5.91 Å². The van der Waals surface area contributed by atoms with E-state index in [1.165, 1.54) is 0 Å². The van der Waals surface area contributed by atoms with Gasteiger partial charge in [0, 0.05) is 12.6 Å². The molecule has 0 heterocycles. The van der Waals surface area contributed by atoms with E-state index >= 15 is 0 Å². The van der Waals surface area contributed by atoms with Gasteiger partial charge in [-0.25, -0.2) is 0 Å². The summed E-state index contributed by atoms with van der Waals surface area (Å²) in [5, 5.41) is 2.98. The molecule has 2 aromatic rings. The summed E-state index contributed by atoms with van der Waals surface area (Å²) in [6.07, 6.45) is 0.833. The van der Waals surface area contributed by atoms with Crippen LogP contribution in [0.4, 0.5) is 0 Å². The molecule has 2 aromatic carbocycles. The fourth-order valence-corrected chi connectivity index (χ4v) is 3.04. The van der Waals surface area contributed by atoms with Crippen LogP contribution in [0.15, 0.2) is 42.5 Å². The van der Waals surface area contributed by atoms with Gasteiger partial charge in [-0.1, -0.05) is 48.9 Å². The molecule has 0 unspecified atom stereocenters. The van der Waals surface area contributed by atoms with Gasteiger partial charge < -0.3 is 15.0 Å². The zero-order chi connectivity index (χ0) is 22.3. The lowest BCUT2D eigenvalue weighted by molar-refractivity contribution is -0.142. The van der Waals surface area contributed by atoms with Gasteiger partial charge in [0.15, 0.2) is 6.61 Å². The number of hydrogen-bond acceptors (Lipinski definition) is 3. The van der Waals surface area contributed by atoms with Crippen LogP contribution < -0.4 is 10.1 Å². The van der Waals surface area contributed by atoms with Crippen LogP contribution in [-0.4, -0.2) is 35.4 Å². The van der Waals surface area contributed by atoms with Crippen LogP contribution in [-0.2, 0) is 16.1 Å². The number of benzene rings is 2. The highest BCUT2D eigenvalue weighted by Gasteiger charge is 2.27. The molecule has 5 nitrogen and oxygen atoms in total. The van der Waals surface area contributed by atoms with Crippen LogP contribution in [0.1, 0.15) is 49.4 Å². The third-order valence-electron chi connectivity index (χ3n) is 5.55. The summed E-state index contributed by atoms with van der Waals surface area (Å²) in [4.78, 5) is 27.4. The van der Waals surface area contributed by atoms with Crippen molar-refractivity contribution in [3.8, 4) is 5.75 Å². The molecule has 0 bridgehead atoms. The number of nitrogens with zero attached hydrogens (tertiary/aromatic N) is 1. The van der Waals surface area contributed by atoms with Crippen molar-refractivity contribution in [2.75, 3.05) is 6.61 Å². The van der Waals surface area contributed by atoms with Crippen LogP contribution in [0.3, 0.4) is 0 Å². The first kappa shape index (κ1) is 23.5. The minimum atomic E-state index is -0.602. The first-order valence-corrected chi connectivity index (χ1v) is 10.6. The molecule has 2 atom stereocenters. The first-order valence-electron chi connectivity index (χ1n) is 10.6. The van der Waals surface area contributed by atoms with Crippen molar-refractivity contribution >= 4 is 11.8 Å². The minimum Gasteiger partial charge on any atom is -0.483 e. The zero-order valence-electron chi connectivity index (χ0n) is 19.0. The minimum absolute atomic E-state index is 0.0578. The maximum Gasteiger partial charge on any atom is 0.261 e. The zero-order valence-corrected chi connectivity index (χ0v) is 19.0. The summed E-state index contributed by atoms with van der Waals surface area (Å²) in [5.41, 5.74) is 4.25. The second-order valence-electron chi connectivity index (χ2n) is 7.99. The Balaban J connectivity index is 2.17. The average Bonchev–Trinajstić information content (AvgIpc) is 2.73. The van der Waals surface area contributed by atoms with Crippen LogP contribution >= 0.6 is 0 Å². The third-order valence-corrected chi connectivity index (χ3v) is 5.55. The molecule has 1 N–H and O–H groups in total. The molecule has 0 aliphatic heterocycles. The molecule has 0 aromatic heterocycles. The maximum absolute atomic E-state index is 13.1. The largest absolute Gasteiger partial charge is 0.483 e. The smallest absolute Gasteiger partial charge is 0.261 e. The first-order chi connectivity index (χ1) is 14.2. The van der Waals surface area contributed by atoms with E-state index < -0.39 is 6.04 Å². The lowest BCUT2D eigenvalue weighted by Gasteiger charge is -2.29. The summed E-state index contributed by atoms with van der Waals surface area (Å²) in [6.45, 7) is 12.0. The molecular formula is C25H34N2O3. The molecule has 0 saturated carbocycles. The van der Waals surface area contributed by atoms with Gasteiger partial charge in [0.25, 0.3) is 5.91 Å². The fourth-order valence-electron chi connectivity index (χ4n) is 3.04. The Morgan fingerprint density at radius 2 is 1.70 bits per heavy atom. The average molecular weight is 411 g/mol. The number of rotatable bonds is 9.